The van der Waals surface area contributed by atoms with Gasteiger partial charge >= 0.3 is 0 Å². The largest absolute Gasteiger partial charge is 0.299 e. The molecular weight excluding hydrogens is 196 g/mol. The van der Waals surface area contributed by atoms with E-state index in [0.29, 0.717) is 19.3 Å². The number of hydrogen-bond acceptors (Lipinski definition) is 1. The summed E-state index contributed by atoms with van der Waals surface area (Å²) < 4.78 is 0. The molecule has 0 N–H and O–H groups in total. The van der Waals surface area contributed by atoms with Crippen LogP contribution in [-0.4, -0.2) is 5.78 Å². The lowest BCUT2D eigenvalue weighted by Crippen LogP contribution is -2.02. The van der Waals surface area contributed by atoms with E-state index in [-0.39, 0.29) is 5.78 Å². The average Bonchev–Trinajstić information content (AvgIpc) is 2.16. The minimum atomic E-state index is 0.271. The van der Waals surface area contributed by atoms with Crippen molar-refractivity contribution in [2.75, 3.05) is 0 Å². The summed E-state index contributed by atoms with van der Waals surface area (Å²) in [5, 5.41) is 0. The van der Waals surface area contributed by atoms with E-state index in [2.05, 4.69) is 43.9 Å². The third-order valence-electron chi connectivity index (χ3n) is 2.39. The van der Waals surface area contributed by atoms with Crippen molar-refractivity contribution in [1.82, 2.24) is 0 Å². The number of rotatable bonds is 4. The first-order valence-electron chi connectivity index (χ1n) is 5.60. The molecule has 0 saturated carbocycles. The van der Waals surface area contributed by atoms with Crippen molar-refractivity contribution in [3.05, 3.63) is 34.9 Å². The van der Waals surface area contributed by atoms with Gasteiger partial charge in [0.1, 0.15) is 5.78 Å². The fourth-order valence-corrected chi connectivity index (χ4v) is 1.81. The van der Waals surface area contributed by atoms with Crippen molar-refractivity contribution in [3.63, 3.8) is 0 Å². The van der Waals surface area contributed by atoms with Gasteiger partial charge in [-0.3, -0.25) is 4.79 Å². The van der Waals surface area contributed by atoms with Crippen LogP contribution in [0.5, 0.6) is 0 Å². The van der Waals surface area contributed by atoms with Gasteiger partial charge in [-0.15, -0.1) is 11.8 Å². The second kappa shape index (κ2) is 6.12. The Labute approximate surface area is 97.9 Å². The zero-order valence-electron chi connectivity index (χ0n) is 10.3. The normalized spacial score (nSPS) is 9.44. The average molecular weight is 214 g/mol. The van der Waals surface area contributed by atoms with Crippen LogP contribution < -0.4 is 0 Å². The number of aryl methyl sites for hydroxylation is 2. The Morgan fingerprint density at radius 2 is 1.81 bits per heavy atom. The standard InChI is InChI=1S/C15H18O/c1-4-5-6-7-15(16)11-14-9-12(2)8-13(3)10-14/h8-10H,6-7,11H2,1-3H3. The third-order valence-corrected chi connectivity index (χ3v) is 2.39. The highest BCUT2D eigenvalue weighted by molar-refractivity contribution is 5.81. The first-order chi connectivity index (χ1) is 7.61. The van der Waals surface area contributed by atoms with E-state index >= 15 is 0 Å². The lowest BCUT2D eigenvalue weighted by atomic mass is 10.0. The Balaban J connectivity index is 2.57. The van der Waals surface area contributed by atoms with Crippen LogP contribution in [0.15, 0.2) is 18.2 Å². The van der Waals surface area contributed by atoms with Crippen molar-refractivity contribution >= 4 is 5.78 Å². The van der Waals surface area contributed by atoms with Crippen LogP contribution in [0.25, 0.3) is 0 Å². The van der Waals surface area contributed by atoms with E-state index in [1.54, 1.807) is 6.92 Å². The van der Waals surface area contributed by atoms with Gasteiger partial charge < -0.3 is 0 Å². The quantitative estimate of drug-likeness (QED) is 0.703. The van der Waals surface area contributed by atoms with Crippen LogP contribution in [0.1, 0.15) is 36.5 Å². The maximum Gasteiger partial charge on any atom is 0.138 e. The molecule has 1 heteroatoms. The Morgan fingerprint density at radius 3 is 2.38 bits per heavy atom. The highest BCUT2D eigenvalue weighted by atomic mass is 16.1. The number of carbonyl (C=O) groups excluding carboxylic acids is 1. The monoisotopic (exact) mass is 214 g/mol. The van der Waals surface area contributed by atoms with E-state index in [1.165, 1.54) is 11.1 Å². The molecule has 0 aliphatic rings. The van der Waals surface area contributed by atoms with Gasteiger partial charge in [-0.1, -0.05) is 29.3 Å². The van der Waals surface area contributed by atoms with Crippen molar-refractivity contribution in [1.29, 1.82) is 0 Å². The summed E-state index contributed by atoms with van der Waals surface area (Å²) >= 11 is 0. The minimum Gasteiger partial charge on any atom is -0.299 e. The summed E-state index contributed by atoms with van der Waals surface area (Å²) in [6, 6.07) is 6.28. The topological polar surface area (TPSA) is 17.1 Å². The van der Waals surface area contributed by atoms with Crippen LogP contribution in [-0.2, 0) is 11.2 Å². The molecule has 0 fully saturated rings. The highest BCUT2D eigenvalue weighted by Crippen LogP contribution is 2.10. The van der Waals surface area contributed by atoms with Gasteiger partial charge in [0.2, 0.25) is 0 Å². The van der Waals surface area contributed by atoms with E-state index in [9.17, 15) is 4.79 Å². The maximum absolute atomic E-state index is 11.6. The smallest absolute Gasteiger partial charge is 0.138 e. The zero-order valence-corrected chi connectivity index (χ0v) is 10.3. The third kappa shape index (κ3) is 4.31. The summed E-state index contributed by atoms with van der Waals surface area (Å²) in [6.07, 6.45) is 1.78. The molecule has 0 radical (unpaired) electrons. The molecule has 84 valence electrons. The number of carbonyl (C=O) groups is 1. The molecule has 0 spiro atoms. The Kier molecular flexibility index (Phi) is 4.79. The molecule has 1 aromatic rings. The summed E-state index contributed by atoms with van der Waals surface area (Å²) in [7, 11) is 0. The van der Waals surface area contributed by atoms with E-state index in [4.69, 9.17) is 0 Å². The molecular formula is C15H18O. The lowest BCUT2D eigenvalue weighted by Gasteiger charge is -2.03. The number of Topliss-reactive ketones (excluding diaryl/α,β-unsaturated/α-hetero) is 1. The fourth-order valence-electron chi connectivity index (χ4n) is 1.81. The van der Waals surface area contributed by atoms with Crippen molar-refractivity contribution in [3.8, 4) is 11.8 Å². The molecule has 16 heavy (non-hydrogen) atoms. The molecule has 0 bridgehead atoms. The summed E-state index contributed by atoms with van der Waals surface area (Å²) in [5.74, 6) is 5.99. The number of benzene rings is 1. The second-order valence-electron chi connectivity index (χ2n) is 4.14. The van der Waals surface area contributed by atoms with Gasteiger partial charge in [-0.25, -0.2) is 0 Å². The van der Waals surface area contributed by atoms with Crippen LogP contribution in [0.3, 0.4) is 0 Å². The van der Waals surface area contributed by atoms with Gasteiger partial charge in [0.25, 0.3) is 0 Å². The minimum absolute atomic E-state index is 0.271. The Morgan fingerprint density at radius 1 is 1.19 bits per heavy atom. The number of ketones is 1. The van der Waals surface area contributed by atoms with Gasteiger partial charge in [0, 0.05) is 19.3 Å². The molecule has 0 heterocycles. The van der Waals surface area contributed by atoms with Gasteiger partial charge in [-0.05, 0) is 26.3 Å². The molecule has 0 saturated heterocycles. The molecule has 1 rings (SSSR count). The van der Waals surface area contributed by atoms with Gasteiger partial charge in [0.05, 0.1) is 0 Å². The first-order valence-corrected chi connectivity index (χ1v) is 5.60. The summed E-state index contributed by atoms with van der Waals surface area (Å²) in [6.45, 7) is 5.92. The zero-order chi connectivity index (χ0) is 12.0. The van der Waals surface area contributed by atoms with Crippen molar-refractivity contribution in [2.24, 2.45) is 0 Å². The fraction of sp³-hybridized carbons (Fsp3) is 0.400. The van der Waals surface area contributed by atoms with Crippen molar-refractivity contribution < 1.29 is 4.79 Å². The maximum atomic E-state index is 11.6. The predicted octanol–water partition coefficient (Wildman–Crippen LogP) is 3.22. The Bertz CT molecular complexity index is 412. The highest BCUT2D eigenvalue weighted by Gasteiger charge is 2.03. The summed E-state index contributed by atoms with van der Waals surface area (Å²) in [5.41, 5.74) is 3.55. The van der Waals surface area contributed by atoms with Crippen LogP contribution >= 0.6 is 0 Å². The van der Waals surface area contributed by atoms with Gasteiger partial charge in [0.15, 0.2) is 0 Å². The van der Waals surface area contributed by atoms with Crippen molar-refractivity contribution in [2.45, 2.75) is 40.0 Å². The van der Waals surface area contributed by atoms with E-state index < -0.39 is 0 Å². The molecule has 0 amide bonds. The molecule has 0 aliphatic heterocycles. The van der Waals surface area contributed by atoms with Gasteiger partial charge in [-0.2, -0.15) is 0 Å². The first kappa shape index (κ1) is 12.5. The van der Waals surface area contributed by atoms with Crippen LogP contribution in [0.2, 0.25) is 0 Å². The van der Waals surface area contributed by atoms with E-state index in [0.717, 1.165) is 5.56 Å². The second-order valence-corrected chi connectivity index (χ2v) is 4.14. The molecule has 0 unspecified atom stereocenters. The molecule has 0 aromatic heterocycles. The summed E-state index contributed by atoms with van der Waals surface area (Å²) in [4.78, 5) is 11.6. The predicted molar refractivity (Wildman–Crippen MR) is 67.3 cm³/mol. The van der Waals surface area contributed by atoms with Crippen LogP contribution in [0.4, 0.5) is 0 Å². The molecule has 0 atom stereocenters. The van der Waals surface area contributed by atoms with Crippen LogP contribution in [0, 0.1) is 25.7 Å². The van der Waals surface area contributed by atoms with E-state index in [1.807, 2.05) is 0 Å². The molecule has 1 nitrogen and oxygen atoms in total. The molecule has 0 aliphatic carbocycles. The Hall–Kier alpha value is -1.55. The SMILES string of the molecule is CC#CCCC(=O)Cc1cc(C)cc(C)c1. The lowest BCUT2D eigenvalue weighted by molar-refractivity contribution is -0.118. The number of hydrogen-bond donors (Lipinski definition) is 0. The molecule has 1 aromatic carbocycles.